The number of rotatable bonds is 7. The molecule has 23 heavy (non-hydrogen) atoms. The van der Waals surface area contributed by atoms with Crippen molar-refractivity contribution in [2.24, 2.45) is 0 Å². The Morgan fingerprint density at radius 2 is 1.91 bits per heavy atom. The molecule has 2 rings (SSSR count). The first kappa shape index (κ1) is 17.2. The van der Waals surface area contributed by atoms with Crippen LogP contribution in [0.2, 0.25) is 0 Å². The molecular weight excluding hydrogens is 321 g/mol. The highest BCUT2D eigenvalue weighted by Gasteiger charge is 2.16. The summed E-state index contributed by atoms with van der Waals surface area (Å²) >= 11 is 0. The molecule has 0 atom stereocenters. The summed E-state index contributed by atoms with van der Waals surface area (Å²) < 4.78 is 50.3. The van der Waals surface area contributed by atoms with Crippen LogP contribution in [0.15, 0.2) is 47.4 Å². The van der Waals surface area contributed by atoms with Gasteiger partial charge in [0.05, 0.1) is 12.0 Å². The number of halogens is 1. The van der Waals surface area contributed by atoms with Crippen LogP contribution in [-0.4, -0.2) is 28.7 Å². The molecule has 0 radical (unpaired) electrons. The number of methoxy groups -OCH3 is 1. The number of hydrogen-bond acceptors (Lipinski definition) is 4. The Bertz CT molecular complexity index is 777. The normalized spacial score (nSPS) is 11.3. The maximum absolute atomic E-state index is 13.0. The fourth-order valence-corrected chi connectivity index (χ4v) is 3.27. The lowest BCUT2D eigenvalue weighted by molar-refractivity contribution is 0.321. The summed E-state index contributed by atoms with van der Waals surface area (Å²) in [4.78, 5) is 0.184. The van der Waals surface area contributed by atoms with Crippen molar-refractivity contribution in [3.05, 3.63) is 53.8 Å². The topological polar surface area (TPSA) is 64.6 Å². The van der Waals surface area contributed by atoms with E-state index in [0.717, 1.165) is 0 Å². The fraction of sp³-hybridized carbons (Fsp3) is 0.250. The van der Waals surface area contributed by atoms with Gasteiger partial charge < -0.3 is 9.47 Å². The van der Waals surface area contributed by atoms with Gasteiger partial charge in [-0.3, -0.25) is 0 Å². The molecule has 0 aromatic heterocycles. The van der Waals surface area contributed by atoms with Crippen molar-refractivity contribution < 1.29 is 22.3 Å². The summed E-state index contributed by atoms with van der Waals surface area (Å²) in [7, 11) is -2.12. The van der Waals surface area contributed by atoms with E-state index in [1.807, 2.05) is 0 Å². The minimum atomic E-state index is -3.64. The van der Waals surface area contributed by atoms with Gasteiger partial charge in [0.1, 0.15) is 23.9 Å². The first-order valence-electron chi connectivity index (χ1n) is 6.95. The van der Waals surface area contributed by atoms with Gasteiger partial charge in [-0.15, -0.1) is 0 Å². The molecule has 2 aromatic carbocycles. The van der Waals surface area contributed by atoms with E-state index in [4.69, 9.17) is 9.47 Å². The average Bonchev–Trinajstić information content (AvgIpc) is 2.51. The second-order valence-corrected chi connectivity index (χ2v) is 6.57. The first-order chi connectivity index (χ1) is 10.9. The van der Waals surface area contributed by atoms with Crippen LogP contribution >= 0.6 is 0 Å². The second kappa shape index (κ2) is 7.43. The highest BCUT2D eigenvalue weighted by molar-refractivity contribution is 7.89. The van der Waals surface area contributed by atoms with E-state index in [-0.39, 0.29) is 18.0 Å². The SMILES string of the molecule is COc1ccc(S(=O)(=O)NCCOc2cccc(F)c2)c(C)c1. The van der Waals surface area contributed by atoms with E-state index in [2.05, 4.69) is 4.72 Å². The molecular formula is C16H18FNO4S. The third kappa shape index (κ3) is 4.67. The zero-order valence-electron chi connectivity index (χ0n) is 12.9. The van der Waals surface area contributed by atoms with Gasteiger partial charge in [-0.05, 0) is 42.8 Å². The van der Waals surface area contributed by atoms with Gasteiger partial charge >= 0.3 is 0 Å². The largest absolute Gasteiger partial charge is 0.497 e. The molecule has 0 heterocycles. The maximum Gasteiger partial charge on any atom is 0.240 e. The quantitative estimate of drug-likeness (QED) is 0.787. The predicted octanol–water partition coefficient (Wildman–Crippen LogP) is 2.50. The standard InChI is InChI=1S/C16H18FNO4S/c1-12-10-14(21-2)6-7-16(12)23(19,20)18-8-9-22-15-5-3-4-13(17)11-15/h3-7,10-11,18H,8-9H2,1-2H3. The molecule has 0 aliphatic rings. The van der Waals surface area contributed by atoms with Crippen molar-refractivity contribution >= 4 is 10.0 Å². The first-order valence-corrected chi connectivity index (χ1v) is 8.43. The lowest BCUT2D eigenvalue weighted by atomic mass is 10.2. The number of benzene rings is 2. The third-order valence-corrected chi connectivity index (χ3v) is 4.75. The van der Waals surface area contributed by atoms with Crippen molar-refractivity contribution in [3.63, 3.8) is 0 Å². The Kier molecular flexibility index (Phi) is 5.57. The number of aryl methyl sites for hydroxylation is 1. The van der Waals surface area contributed by atoms with E-state index in [0.29, 0.717) is 17.1 Å². The summed E-state index contributed by atoms with van der Waals surface area (Å²) in [5.41, 5.74) is 0.586. The molecule has 0 saturated carbocycles. The summed E-state index contributed by atoms with van der Waals surface area (Å²) in [5.74, 6) is 0.539. The van der Waals surface area contributed by atoms with E-state index in [1.54, 1.807) is 25.1 Å². The Balaban J connectivity index is 1.94. The monoisotopic (exact) mass is 339 g/mol. The molecule has 0 fully saturated rings. The zero-order valence-corrected chi connectivity index (χ0v) is 13.7. The van der Waals surface area contributed by atoms with Crippen LogP contribution in [0.3, 0.4) is 0 Å². The molecule has 0 amide bonds. The highest BCUT2D eigenvalue weighted by atomic mass is 32.2. The van der Waals surface area contributed by atoms with E-state index in [1.165, 1.54) is 31.4 Å². The van der Waals surface area contributed by atoms with Crippen molar-refractivity contribution in [3.8, 4) is 11.5 Å². The average molecular weight is 339 g/mol. The lowest BCUT2D eigenvalue weighted by Crippen LogP contribution is -2.28. The number of sulfonamides is 1. The van der Waals surface area contributed by atoms with Crippen molar-refractivity contribution in [2.75, 3.05) is 20.3 Å². The Morgan fingerprint density at radius 3 is 2.57 bits per heavy atom. The van der Waals surface area contributed by atoms with E-state index >= 15 is 0 Å². The van der Waals surface area contributed by atoms with Crippen LogP contribution in [0.4, 0.5) is 4.39 Å². The molecule has 0 aliphatic heterocycles. The van der Waals surface area contributed by atoms with Crippen LogP contribution in [0.5, 0.6) is 11.5 Å². The molecule has 0 spiro atoms. The molecule has 0 saturated heterocycles. The molecule has 0 aliphatic carbocycles. The number of ether oxygens (including phenoxy) is 2. The number of hydrogen-bond donors (Lipinski definition) is 1. The highest BCUT2D eigenvalue weighted by Crippen LogP contribution is 2.20. The molecule has 0 bridgehead atoms. The van der Waals surface area contributed by atoms with E-state index < -0.39 is 15.8 Å². The summed E-state index contributed by atoms with van der Waals surface area (Å²) in [6.07, 6.45) is 0. The fourth-order valence-electron chi connectivity index (χ4n) is 2.03. The van der Waals surface area contributed by atoms with Gasteiger partial charge in [0.25, 0.3) is 0 Å². The summed E-state index contributed by atoms with van der Waals surface area (Å²) in [5, 5.41) is 0. The summed E-state index contributed by atoms with van der Waals surface area (Å²) in [6.45, 7) is 1.86. The van der Waals surface area contributed by atoms with Crippen LogP contribution in [0.25, 0.3) is 0 Å². The van der Waals surface area contributed by atoms with Gasteiger partial charge in [-0.2, -0.15) is 0 Å². The molecule has 0 unspecified atom stereocenters. The van der Waals surface area contributed by atoms with Gasteiger partial charge in [0.2, 0.25) is 10.0 Å². The molecule has 2 aromatic rings. The predicted molar refractivity (Wildman–Crippen MR) is 84.8 cm³/mol. The Morgan fingerprint density at radius 1 is 1.13 bits per heavy atom. The van der Waals surface area contributed by atoms with Crippen molar-refractivity contribution in [1.29, 1.82) is 0 Å². The smallest absolute Gasteiger partial charge is 0.240 e. The Labute approximate surface area is 135 Å². The third-order valence-electron chi connectivity index (χ3n) is 3.13. The van der Waals surface area contributed by atoms with Gasteiger partial charge in [0, 0.05) is 12.6 Å². The minimum absolute atomic E-state index is 0.0737. The molecule has 5 nitrogen and oxygen atoms in total. The van der Waals surface area contributed by atoms with E-state index in [9.17, 15) is 12.8 Å². The molecule has 124 valence electrons. The zero-order chi connectivity index (χ0) is 16.9. The van der Waals surface area contributed by atoms with Crippen LogP contribution < -0.4 is 14.2 Å². The molecule has 7 heteroatoms. The van der Waals surface area contributed by atoms with Gasteiger partial charge in [-0.25, -0.2) is 17.5 Å². The lowest BCUT2D eigenvalue weighted by Gasteiger charge is -2.11. The van der Waals surface area contributed by atoms with Crippen LogP contribution in [0, 0.1) is 12.7 Å². The maximum atomic E-state index is 13.0. The van der Waals surface area contributed by atoms with Crippen molar-refractivity contribution in [1.82, 2.24) is 4.72 Å². The van der Waals surface area contributed by atoms with Crippen LogP contribution in [-0.2, 0) is 10.0 Å². The Hall–Kier alpha value is -2.12. The minimum Gasteiger partial charge on any atom is -0.497 e. The van der Waals surface area contributed by atoms with Gasteiger partial charge in [0.15, 0.2) is 0 Å². The van der Waals surface area contributed by atoms with Crippen LogP contribution in [0.1, 0.15) is 5.56 Å². The van der Waals surface area contributed by atoms with Crippen molar-refractivity contribution in [2.45, 2.75) is 11.8 Å². The van der Waals surface area contributed by atoms with Gasteiger partial charge in [-0.1, -0.05) is 6.07 Å². The summed E-state index contributed by atoms with van der Waals surface area (Å²) in [6, 6.07) is 10.4. The second-order valence-electron chi connectivity index (χ2n) is 4.84. The molecule has 1 N–H and O–H groups in total. The number of nitrogens with one attached hydrogen (secondary N) is 1.